The van der Waals surface area contributed by atoms with Gasteiger partial charge in [-0.1, -0.05) is 34.9 Å². The van der Waals surface area contributed by atoms with Crippen LogP contribution in [0.3, 0.4) is 0 Å². The molecule has 7 heteroatoms. The maximum atomic E-state index is 11.3. The van der Waals surface area contributed by atoms with Gasteiger partial charge in [-0.15, -0.1) is 0 Å². The molecule has 0 fully saturated rings. The Balaban J connectivity index is 4.59. The second-order valence-corrected chi connectivity index (χ2v) is 7.09. The van der Waals surface area contributed by atoms with Gasteiger partial charge in [-0.3, -0.25) is 9.59 Å². The van der Waals surface area contributed by atoms with Gasteiger partial charge in [0, 0.05) is 0 Å². The predicted octanol–water partition coefficient (Wildman–Crippen LogP) is 4.05. The first kappa shape index (κ1) is 25.6. The van der Waals surface area contributed by atoms with Crippen LogP contribution in [-0.2, 0) is 19.1 Å². The van der Waals surface area contributed by atoms with E-state index in [4.69, 9.17) is 20.1 Å². The van der Waals surface area contributed by atoms with Crippen molar-refractivity contribution < 1.29 is 34.4 Å². The summed E-state index contributed by atoms with van der Waals surface area (Å²) in [6.45, 7) is 8.04. The molecular formula is C21H32O7. The first-order valence-corrected chi connectivity index (χ1v) is 9.28. The molecule has 0 aromatic heterocycles. The van der Waals surface area contributed by atoms with Gasteiger partial charge in [-0.05, 0) is 53.4 Å². The van der Waals surface area contributed by atoms with Crippen molar-refractivity contribution in [1.82, 2.24) is 0 Å². The largest absolute Gasteiger partial charge is 0.481 e. The van der Waals surface area contributed by atoms with Gasteiger partial charge in [0.25, 0.3) is 0 Å². The Morgan fingerprint density at radius 1 is 0.821 bits per heavy atom. The van der Waals surface area contributed by atoms with E-state index in [1.807, 2.05) is 6.92 Å². The van der Waals surface area contributed by atoms with Crippen molar-refractivity contribution in [3.8, 4) is 0 Å². The summed E-state index contributed by atoms with van der Waals surface area (Å²) >= 11 is 0. The minimum absolute atomic E-state index is 0.0878. The highest BCUT2D eigenvalue weighted by Crippen LogP contribution is 2.15. The normalized spacial score (nSPS) is 14.3. The number of hydrogen-bond donors (Lipinski definition) is 3. The third-order valence-corrected chi connectivity index (χ3v) is 4.15. The zero-order valence-electron chi connectivity index (χ0n) is 17.1. The second kappa shape index (κ2) is 13.7. The Bertz CT molecular complexity index is 625. The maximum Gasteiger partial charge on any atom is 0.333 e. The first-order valence-electron chi connectivity index (χ1n) is 9.28. The Hall–Kier alpha value is -2.41. The number of hydrogen-bond acceptors (Lipinski definition) is 4. The van der Waals surface area contributed by atoms with Gasteiger partial charge in [0.05, 0.1) is 13.0 Å². The predicted molar refractivity (Wildman–Crippen MR) is 106 cm³/mol. The van der Waals surface area contributed by atoms with Crippen molar-refractivity contribution >= 4 is 17.9 Å². The molecule has 2 atom stereocenters. The fraction of sp³-hybridized carbons (Fsp3) is 0.571. The molecular weight excluding hydrogens is 364 g/mol. The minimum Gasteiger partial charge on any atom is -0.481 e. The Morgan fingerprint density at radius 3 is 1.82 bits per heavy atom. The maximum absolute atomic E-state index is 11.3. The summed E-state index contributed by atoms with van der Waals surface area (Å²) in [5.41, 5.74) is 3.60. The second-order valence-electron chi connectivity index (χ2n) is 7.09. The van der Waals surface area contributed by atoms with Crippen LogP contribution in [-0.4, -0.2) is 45.9 Å². The number of allylic oxidation sites excluding steroid dienone is 5. The van der Waals surface area contributed by atoms with Crippen molar-refractivity contribution in [2.45, 2.75) is 65.9 Å². The van der Waals surface area contributed by atoms with Gasteiger partial charge in [0.1, 0.15) is 5.92 Å². The summed E-state index contributed by atoms with van der Waals surface area (Å²) in [6, 6.07) is 0. The van der Waals surface area contributed by atoms with Crippen LogP contribution in [0, 0.1) is 5.92 Å². The first-order chi connectivity index (χ1) is 13.0. The summed E-state index contributed by atoms with van der Waals surface area (Å²) in [6.07, 6.45) is 7.20. The van der Waals surface area contributed by atoms with Gasteiger partial charge in [0.15, 0.2) is 6.10 Å². The van der Waals surface area contributed by atoms with Crippen LogP contribution < -0.4 is 0 Å². The molecule has 0 amide bonds. The highest BCUT2D eigenvalue weighted by molar-refractivity contribution is 5.85. The highest BCUT2D eigenvalue weighted by atomic mass is 16.5. The van der Waals surface area contributed by atoms with E-state index in [9.17, 15) is 14.4 Å². The number of carboxylic acids is 3. The van der Waals surface area contributed by atoms with E-state index >= 15 is 0 Å². The van der Waals surface area contributed by atoms with Crippen LogP contribution in [0.25, 0.3) is 0 Å². The number of aliphatic carboxylic acids is 3. The van der Waals surface area contributed by atoms with Gasteiger partial charge in [0.2, 0.25) is 0 Å². The van der Waals surface area contributed by atoms with Crippen molar-refractivity contribution in [1.29, 1.82) is 0 Å². The number of ether oxygens (including phenoxy) is 1. The molecule has 0 saturated carbocycles. The third-order valence-electron chi connectivity index (χ3n) is 4.15. The van der Waals surface area contributed by atoms with Crippen LogP contribution in [0.4, 0.5) is 0 Å². The fourth-order valence-corrected chi connectivity index (χ4v) is 2.50. The van der Waals surface area contributed by atoms with Crippen LogP contribution in [0.5, 0.6) is 0 Å². The lowest BCUT2D eigenvalue weighted by Crippen LogP contribution is -2.38. The molecule has 7 nitrogen and oxygen atoms in total. The van der Waals surface area contributed by atoms with Gasteiger partial charge < -0.3 is 20.1 Å². The molecule has 0 heterocycles. The minimum atomic E-state index is -1.71. The smallest absolute Gasteiger partial charge is 0.333 e. The van der Waals surface area contributed by atoms with Crippen LogP contribution in [0.1, 0.15) is 59.8 Å². The van der Waals surface area contributed by atoms with Crippen molar-refractivity contribution in [2.24, 2.45) is 5.92 Å². The fourth-order valence-electron chi connectivity index (χ4n) is 2.50. The molecule has 0 aromatic rings. The van der Waals surface area contributed by atoms with Gasteiger partial charge in [-0.2, -0.15) is 0 Å². The zero-order valence-corrected chi connectivity index (χ0v) is 17.1. The van der Waals surface area contributed by atoms with E-state index in [1.54, 1.807) is 6.08 Å². The molecule has 0 rings (SSSR count). The van der Waals surface area contributed by atoms with E-state index < -0.39 is 36.4 Å². The standard InChI is InChI=1S/C21H32O7/c1-14(2)7-5-8-15(3)9-6-10-16(4)11-12-28-19(21(26)27)17(20(24)25)13-18(22)23/h7,9,11,17,19H,5-6,8,10,12-13H2,1-4H3,(H,22,23)(H,24,25)(H,26,27). The molecule has 0 bridgehead atoms. The Morgan fingerprint density at radius 2 is 1.36 bits per heavy atom. The molecule has 2 unspecified atom stereocenters. The molecule has 158 valence electrons. The van der Waals surface area contributed by atoms with Crippen LogP contribution in [0.2, 0.25) is 0 Å². The molecule has 0 spiro atoms. The average Bonchev–Trinajstić information content (AvgIpc) is 2.56. The van der Waals surface area contributed by atoms with Crippen LogP contribution in [0.15, 0.2) is 34.9 Å². The summed E-state index contributed by atoms with van der Waals surface area (Å²) in [5, 5.41) is 27.0. The number of carbonyl (C=O) groups is 3. The van der Waals surface area contributed by atoms with Crippen molar-refractivity contribution in [3.63, 3.8) is 0 Å². The summed E-state index contributed by atoms with van der Waals surface area (Å²) < 4.78 is 5.16. The molecule has 0 aliphatic carbocycles. The van der Waals surface area contributed by atoms with Crippen molar-refractivity contribution in [2.75, 3.05) is 6.61 Å². The average molecular weight is 396 g/mol. The SMILES string of the molecule is CC(C)=CCCC(C)=CCCC(C)=CCOC(C(=O)O)C(CC(=O)O)C(=O)O. The lowest BCUT2D eigenvalue weighted by Gasteiger charge is -2.18. The van der Waals surface area contributed by atoms with Gasteiger partial charge in [-0.25, -0.2) is 4.79 Å². The molecule has 0 saturated heterocycles. The van der Waals surface area contributed by atoms with E-state index in [0.717, 1.165) is 31.3 Å². The molecule has 0 aliphatic rings. The monoisotopic (exact) mass is 396 g/mol. The Kier molecular flexibility index (Phi) is 12.5. The Labute approximate surface area is 166 Å². The van der Waals surface area contributed by atoms with E-state index in [0.29, 0.717) is 0 Å². The molecule has 0 radical (unpaired) electrons. The van der Waals surface area contributed by atoms with Crippen LogP contribution >= 0.6 is 0 Å². The van der Waals surface area contributed by atoms with E-state index in [-0.39, 0.29) is 6.61 Å². The van der Waals surface area contributed by atoms with E-state index in [1.165, 1.54) is 11.1 Å². The lowest BCUT2D eigenvalue weighted by molar-refractivity contribution is -0.165. The molecule has 0 aromatic carbocycles. The van der Waals surface area contributed by atoms with Gasteiger partial charge >= 0.3 is 17.9 Å². The summed E-state index contributed by atoms with van der Waals surface area (Å²) in [4.78, 5) is 33.2. The lowest BCUT2D eigenvalue weighted by atomic mass is 9.98. The zero-order chi connectivity index (χ0) is 21.7. The molecule has 3 N–H and O–H groups in total. The summed E-state index contributed by atoms with van der Waals surface area (Å²) in [5.74, 6) is -6.03. The number of carboxylic acid groups (broad SMARTS) is 3. The molecule has 0 aliphatic heterocycles. The van der Waals surface area contributed by atoms with Crippen molar-refractivity contribution in [3.05, 3.63) is 34.9 Å². The number of rotatable bonds is 14. The summed E-state index contributed by atoms with van der Waals surface area (Å²) in [7, 11) is 0. The third kappa shape index (κ3) is 12.1. The molecule has 28 heavy (non-hydrogen) atoms. The van der Waals surface area contributed by atoms with E-state index in [2.05, 4.69) is 32.9 Å². The highest BCUT2D eigenvalue weighted by Gasteiger charge is 2.36. The quantitative estimate of drug-likeness (QED) is 0.379. The topological polar surface area (TPSA) is 121 Å².